The summed E-state index contributed by atoms with van der Waals surface area (Å²) in [5.74, 6) is -0.875. The number of carbonyl (C=O) groups excluding carboxylic acids is 1. The van der Waals surface area contributed by atoms with Gasteiger partial charge in [0.15, 0.2) is 5.78 Å². The third kappa shape index (κ3) is 10.6. The van der Waals surface area contributed by atoms with E-state index >= 15 is 0 Å². The molecule has 0 fully saturated rings. The Morgan fingerprint density at radius 2 is 1.69 bits per heavy atom. The number of carboxylic acids is 1. The van der Waals surface area contributed by atoms with E-state index in [4.69, 9.17) is 5.11 Å². The first-order chi connectivity index (χ1) is 6.13. The fraction of sp³-hybridized carbons (Fsp3) is 0.400. The number of carbonyl (C=O) groups is 2. The molecule has 0 heterocycles. The molecule has 0 atom stereocenters. The molecule has 13 heavy (non-hydrogen) atoms. The fourth-order valence-electron chi connectivity index (χ4n) is 0.787. The molecule has 0 aromatic carbocycles. The Kier molecular flexibility index (Phi) is 6.51. The van der Waals surface area contributed by atoms with Gasteiger partial charge in [-0.25, -0.2) is 4.79 Å². The maximum atomic E-state index is 10.4. The molecule has 0 amide bonds. The molecule has 0 unspecified atom stereocenters. The molecule has 0 aromatic rings. The molecule has 0 radical (unpaired) electrons. The van der Waals surface area contributed by atoms with Crippen molar-refractivity contribution < 1.29 is 14.7 Å². The van der Waals surface area contributed by atoms with Crippen LogP contribution >= 0.6 is 0 Å². The zero-order chi connectivity index (χ0) is 10.1. The Morgan fingerprint density at radius 3 is 2.15 bits per heavy atom. The van der Waals surface area contributed by atoms with Crippen molar-refractivity contribution >= 4 is 11.8 Å². The number of carboxylic acid groups (broad SMARTS) is 1. The Bertz CT molecular complexity index is 202. The van der Waals surface area contributed by atoms with Gasteiger partial charge >= 0.3 is 5.97 Å². The van der Waals surface area contributed by atoms with Crippen LogP contribution in [0, 0.1) is 0 Å². The third-order valence-corrected chi connectivity index (χ3v) is 1.35. The second kappa shape index (κ2) is 7.28. The van der Waals surface area contributed by atoms with E-state index in [1.54, 1.807) is 12.2 Å². The first kappa shape index (κ1) is 11.6. The number of ketones is 1. The second-order valence-electron chi connectivity index (χ2n) is 2.68. The first-order valence-electron chi connectivity index (χ1n) is 4.19. The highest BCUT2D eigenvalue weighted by Crippen LogP contribution is 1.97. The van der Waals surface area contributed by atoms with Crippen LogP contribution in [0.25, 0.3) is 0 Å². The quantitative estimate of drug-likeness (QED) is 0.504. The van der Waals surface area contributed by atoms with E-state index in [-0.39, 0.29) is 5.78 Å². The molecule has 0 aliphatic rings. The van der Waals surface area contributed by atoms with Crippen LogP contribution in [0.5, 0.6) is 0 Å². The zero-order valence-corrected chi connectivity index (χ0v) is 7.69. The van der Waals surface area contributed by atoms with Crippen molar-refractivity contribution in [3.8, 4) is 0 Å². The molecule has 0 aromatic heterocycles. The van der Waals surface area contributed by atoms with Gasteiger partial charge in [-0.1, -0.05) is 12.2 Å². The zero-order valence-electron chi connectivity index (χ0n) is 7.69. The van der Waals surface area contributed by atoms with Crippen molar-refractivity contribution in [2.45, 2.75) is 26.2 Å². The van der Waals surface area contributed by atoms with Gasteiger partial charge in [0.25, 0.3) is 0 Å². The number of rotatable bonds is 6. The van der Waals surface area contributed by atoms with Gasteiger partial charge in [-0.15, -0.1) is 0 Å². The molecule has 3 heteroatoms. The van der Waals surface area contributed by atoms with Gasteiger partial charge in [0.05, 0.1) is 0 Å². The summed E-state index contributed by atoms with van der Waals surface area (Å²) in [7, 11) is 0. The molecular formula is C10H14O3. The van der Waals surface area contributed by atoms with Crippen molar-refractivity contribution in [3.05, 3.63) is 24.3 Å². The van der Waals surface area contributed by atoms with Gasteiger partial charge in [-0.3, -0.25) is 4.79 Å². The molecule has 0 spiro atoms. The minimum atomic E-state index is -0.917. The summed E-state index contributed by atoms with van der Waals surface area (Å²) in [5.41, 5.74) is 0. The average Bonchev–Trinajstić information content (AvgIpc) is 2.01. The summed E-state index contributed by atoms with van der Waals surface area (Å²) in [4.78, 5) is 20.5. The first-order valence-corrected chi connectivity index (χ1v) is 4.19. The van der Waals surface area contributed by atoms with Crippen molar-refractivity contribution in [1.29, 1.82) is 0 Å². The minimum absolute atomic E-state index is 0.0427. The van der Waals surface area contributed by atoms with Crippen LogP contribution < -0.4 is 0 Å². The number of aliphatic carboxylic acids is 1. The topological polar surface area (TPSA) is 54.4 Å². The maximum absolute atomic E-state index is 10.4. The largest absolute Gasteiger partial charge is 0.478 e. The Labute approximate surface area is 77.8 Å². The standard InChI is InChI=1S/C10H14O3/c1-9(11)7-5-3-2-4-6-8-10(12)13/h5-8H,2-4H2,1H3,(H,12,13). The highest BCUT2D eigenvalue weighted by molar-refractivity contribution is 5.87. The number of allylic oxidation sites excluding steroid dienone is 3. The molecule has 0 saturated heterocycles. The average molecular weight is 182 g/mol. The smallest absolute Gasteiger partial charge is 0.327 e. The lowest BCUT2D eigenvalue weighted by atomic mass is 10.2. The fourth-order valence-corrected chi connectivity index (χ4v) is 0.787. The monoisotopic (exact) mass is 182 g/mol. The number of hydrogen-bond donors (Lipinski definition) is 1. The van der Waals surface area contributed by atoms with Gasteiger partial charge in [0, 0.05) is 6.08 Å². The van der Waals surface area contributed by atoms with E-state index in [1.165, 1.54) is 13.0 Å². The van der Waals surface area contributed by atoms with E-state index < -0.39 is 5.97 Å². The van der Waals surface area contributed by atoms with E-state index in [0.29, 0.717) is 0 Å². The lowest BCUT2D eigenvalue weighted by Gasteiger charge is -1.88. The lowest BCUT2D eigenvalue weighted by Crippen LogP contribution is -1.85. The summed E-state index contributed by atoms with van der Waals surface area (Å²) in [5, 5.41) is 8.24. The van der Waals surface area contributed by atoms with Crippen molar-refractivity contribution in [1.82, 2.24) is 0 Å². The van der Waals surface area contributed by atoms with E-state index in [0.717, 1.165) is 25.3 Å². The molecule has 0 aliphatic heterocycles. The lowest BCUT2D eigenvalue weighted by molar-refractivity contribution is -0.131. The summed E-state index contributed by atoms with van der Waals surface area (Å²) in [6, 6.07) is 0. The van der Waals surface area contributed by atoms with E-state index in [2.05, 4.69) is 0 Å². The SMILES string of the molecule is CC(=O)C=CCCCC=CC(=O)O. The van der Waals surface area contributed by atoms with Gasteiger partial charge in [-0.05, 0) is 32.3 Å². The molecular weight excluding hydrogens is 168 g/mol. The normalized spacial score (nSPS) is 11.2. The van der Waals surface area contributed by atoms with E-state index in [9.17, 15) is 9.59 Å². The predicted molar refractivity (Wildman–Crippen MR) is 50.4 cm³/mol. The second-order valence-corrected chi connectivity index (χ2v) is 2.68. The van der Waals surface area contributed by atoms with Crippen molar-refractivity contribution in [2.75, 3.05) is 0 Å². The Balaban J connectivity index is 3.36. The minimum Gasteiger partial charge on any atom is -0.478 e. The molecule has 72 valence electrons. The van der Waals surface area contributed by atoms with Crippen LogP contribution in [0.3, 0.4) is 0 Å². The highest BCUT2D eigenvalue weighted by Gasteiger charge is 1.85. The van der Waals surface area contributed by atoms with Gasteiger partial charge in [0.1, 0.15) is 0 Å². The number of unbranched alkanes of at least 4 members (excludes halogenated alkanes) is 2. The summed E-state index contributed by atoms with van der Waals surface area (Å²) < 4.78 is 0. The van der Waals surface area contributed by atoms with Crippen LogP contribution in [-0.2, 0) is 9.59 Å². The van der Waals surface area contributed by atoms with Crippen molar-refractivity contribution in [3.63, 3.8) is 0 Å². The Hall–Kier alpha value is -1.38. The molecule has 1 N–H and O–H groups in total. The van der Waals surface area contributed by atoms with Crippen LogP contribution in [-0.4, -0.2) is 16.9 Å². The summed E-state index contributed by atoms with van der Waals surface area (Å²) >= 11 is 0. The molecule has 0 bridgehead atoms. The van der Waals surface area contributed by atoms with Gasteiger partial charge in [-0.2, -0.15) is 0 Å². The summed E-state index contributed by atoms with van der Waals surface area (Å²) in [6.45, 7) is 1.50. The third-order valence-electron chi connectivity index (χ3n) is 1.35. The van der Waals surface area contributed by atoms with Crippen LogP contribution in [0.4, 0.5) is 0 Å². The summed E-state index contributed by atoms with van der Waals surface area (Å²) in [6.07, 6.45) is 8.49. The van der Waals surface area contributed by atoms with Gasteiger partial charge < -0.3 is 5.11 Å². The Morgan fingerprint density at radius 1 is 1.15 bits per heavy atom. The van der Waals surface area contributed by atoms with Crippen LogP contribution in [0.15, 0.2) is 24.3 Å². The van der Waals surface area contributed by atoms with Crippen LogP contribution in [0.1, 0.15) is 26.2 Å². The molecule has 3 nitrogen and oxygen atoms in total. The highest BCUT2D eigenvalue weighted by atomic mass is 16.4. The van der Waals surface area contributed by atoms with Crippen LogP contribution in [0.2, 0.25) is 0 Å². The molecule has 0 aliphatic carbocycles. The van der Waals surface area contributed by atoms with Crippen molar-refractivity contribution in [2.24, 2.45) is 0 Å². The van der Waals surface area contributed by atoms with E-state index in [1.807, 2.05) is 0 Å². The maximum Gasteiger partial charge on any atom is 0.327 e. The predicted octanol–water partition coefficient (Wildman–Crippen LogP) is 1.94. The number of hydrogen-bond acceptors (Lipinski definition) is 2. The molecule has 0 saturated carbocycles. The molecule has 0 rings (SSSR count). The van der Waals surface area contributed by atoms with Gasteiger partial charge in [0.2, 0.25) is 0 Å².